The summed E-state index contributed by atoms with van der Waals surface area (Å²) in [6.07, 6.45) is 3.03. The minimum atomic E-state index is -0.420. The van der Waals surface area contributed by atoms with E-state index >= 15 is 0 Å². The number of thiophene rings is 1. The predicted molar refractivity (Wildman–Crippen MR) is 86.9 cm³/mol. The van der Waals surface area contributed by atoms with E-state index in [1.807, 2.05) is 25.7 Å². The minimum Gasteiger partial charge on any atom is -0.444 e. The zero-order chi connectivity index (χ0) is 15.3. The minimum absolute atomic E-state index is 0.188. The number of nitrogens with one attached hydrogen (secondary N) is 1. The highest BCUT2D eigenvalue weighted by molar-refractivity contribution is 7.09. The third kappa shape index (κ3) is 5.67. The number of hydrogen-bond acceptors (Lipinski definition) is 4. The molecule has 1 atom stereocenters. The number of nitrogens with zero attached hydrogens (tertiary/aromatic N) is 1. The van der Waals surface area contributed by atoms with Crippen LogP contribution in [0.1, 0.15) is 38.5 Å². The second-order valence-corrected chi connectivity index (χ2v) is 7.58. The van der Waals surface area contributed by atoms with E-state index in [9.17, 15) is 4.79 Å². The van der Waals surface area contributed by atoms with Crippen molar-refractivity contribution in [2.75, 3.05) is 19.6 Å². The van der Waals surface area contributed by atoms with E-state index in [2.05, 4.69) is 22.8 Å². The summed E-state index contributed by atoms with van der Waals surface area (Å²) in [6, 6.07) is 4.64. The van der Waals surface area contributed by atoms with Gasteiger partial charge in [0.1, 0.15) is 5.60 Å². The third-order valence-electron chi connectivity index (χ3n) is 3.46. The number of hydrogen-bond donors (Lipinski definition) is 1. The maximum atomic E-state index is 12.1. The predicted octanol–water partition coefficient (Wildman–Crippen LogP) is 3.28. The first kappa shape index (κ1) is 16.3. The number of piperidine rings is 1. The van der Waals surface area contributed by atoms with Gasteiger partial charge in [0.2, 0.25) is 0 Å². The fraction of sp³-hybridized carbons (Fsp3) is 0.688. The van der Waals surface area contributed by atoms with E-state index in [1.165, 1.54) is 4.88 Å². The summed E-state index contributed by atoms with van der Waals surface area (Å²) >= 11 is 1.80. The van der Waals surface area contributed by atoms with E-state index in [4.69, 9.17) is 4.74 Å². The third-order valence-corrected chi connectivity index (χ3v) is 4.39. The van der Waals surface area contributed by atoms with Crippen LogP contribution in [0.25, 0.3) is 0 Å². The second-order valence-electron chi connectivity index (χ2n) is 6.55. The Morgan fingerprint density at radius 1 is 1.52 bits per heavy atom. The molecule has 1 fully saturated rings. The number of carbonyl (C=O) groups is 1. The number of rotatable bonds is 4. The zero-order valence-electron chi connectivity index (χ0n) is 13.2. The van der Waals surface area contributed by atoms with E-state index in [1.54, 1.807) is 11.3 Å². The van der Waals surface area contributed by atoms with Gasteiger partial charge in [-0.15, -0.1) is 11.3 Å². The lowest BCUT2D eigenvalue weighted by Gasteiger charge is -2.34. The zero-order valence-corrected chi connectivity index (χ0v) is 14.0. The number of ether oxygens (including phenoxy) is 1. The largest absolute Gasteiger partial charge is 0.444 e. The fourth-order valence-corrected chi connectivity index (χ4v) is 3.20. The first-order valence-electron chi connectivity index (χ1n) is 7.68. The Hall–Kier alpha value is -1.07. The van der Waals surface area contributed by atoms with Crippen LogP contribution in [0.2, 0.25) is 0 Å². The molecule has 0 aromatic carbocycles. The van der Waals surface area contributed by atoms with Crippen LogP contribution < -0.4 is 5.32 Å². The summed E-state index contributed by atoms with van der Waals surface area (Å²) in [5, 5.41) is 5.68. The molecule has 1 N–H and O–H groups in total. The van der Waals surface area contributed by atoms with Crippen molar-refractivity contribution in [1.82, 2.24) is 10.2 Å². The Morgan fingerprint density at radius 2 is 2.33 bits per heavy atom. The monoisotopic (exact) mass is 310 g/mol. The summed E-state index contributed by atoms with van der Waals surface area (Å²) in [4.78, 5) is 15.3. The lowest BCUT2D eigenvalue weighted by molar-refractivity contribution is 0.0188. The summed E-state index contributed by atoms with van der Waals surface area (Å²) in [6.45, 7) is 8.24. The molecule has 1 amide bonds. The van der Waals surface area contributed by atoms with E-state index in [-0.39, 0.29) is 6.09 Å². The van der Waals surface area contributed by atoms with Crippen molar-refractivity contribution in [2.45, 2.75) is 51.7 Å². The molecule has 1 saturated heterocycles. The van der Waals surface area contributed by atoms with Gasteiger partial charge in [-0.3, -0.25) is 0 Å². The number of amides is 1. The molecule has 1 aromatic rings. The van der Waals surface area contributed by atoms with Crippen LogP contribution in [-0.4, -0.2) is 42.3 Å². The van der Waals surface area contributed by atoms with Crippen molar-refractivity contribution < 1.29 is 9.53 Å². The molecule has 0 saturated carbocycles. The molecule has 0 spiro atoms. The number of likely N-dealkylation sites (tertiary alicyclic amines) is 1. The van der Waals surface area contributed by atoms with Crippen LogP contribution in [0.3, 0.4) is 0 Å². The molecule has 0 bridgehead atoms. The Labute approximate surface area is 131 Å². The van der Waals surface area contributed by atoms with Gasteiger partial charge >= 0.3 is 6.09 Å². The molecule has 2 rings (SSSR count). The summed E-state index contributed by atoms with van der Waals surface area (Å²) < 4.78 is 5.45. The average Bonchev–Trinajstić information content (AvgIpc) is 2.90. The van der Waals surface area contributed by atoms with Crippen LogP contribution in [0.15, 0.2) is 17.5 Å². The number of carbonyl (C=O) groups excluding carboxylic acids is 1. The maximum absolute atomic E-state index is 12.1. The average molecular weight is 310 g/mol. The first-order valence-corrected chi connectivity index (χ1v) is 8.56. The van der Waals surface area contributed by atoms with Crippen LogP contribution >= 0.6 is 11.3 Å². The Bertz CT molecular complexity index is 440. The van der Waals surface area contributed by atoms with Gasteiger partial charge in [-0.25, -0.2) is 4.79 Å². The lowest BCUT2D eigenvalue weighted by Crippen LogP contribution is -2.49. The fourth-order valence-electron chi connectivity index (χ4n) is 2.49. The van der Waals surface area contributed by atoms with Gasteiger partial charge < -0.3 is 15.0 Å². The van der Waals surface area contributed by atoms with Crippen molar-refractivity contribution in [2.24, 2.45) is 0 Å². The highest BCUT2D eigenvalue weighted by Gasteiger charge is 2.27. The molecule has 5 heteroatoms. The summed E-state index contributed by atoms with van der Waals surface area (Å²) in [7, 11) is 0. The van der Waals surface area contributed by atoms with Crippen molar-refractivity contribution in [3.05, 3.63) is 22.4 Å². The van der Waals surface area contributed by atoms with Crippen LogP contribution in [0.4, 0.5) is 4.79 Å². The van der Waals surface area contributed by atoms with Crippen molar-refractivity contribution in [3.63, 3.8) is 0 Å². The van der Waals surface area contributed by atoms with E-state index in [0.717, 1.165) is 38.9 Å². The standard InChI is InChI=1S/C16H26N2O2S/c1-16(2,3)20-15(19)18-10-4-6-13(12-18)17-9-8-14-7-5-11-21-14/h5,7,11,13,17H,4,6,8-10,12H2,1-3H3. The maximum Gasteiger partial charge on any atom is 0.410 e. The molecule has 0 aliphatic carbocycles. The van der Waals surface area contributed by atoms with Gasteiger partial charge in [0.15, 0.2) is 0 Å². The highest BCUT2D eigenvalue weighted by atomic mass is 32.1. The molecule has 21 heavy (non-hydrogen) atoms. The normalized spacial score (nSPS) is 19.6. The molecule has 2 heterocycles. The molecule has 1 aliphatic heterocycles. The molecular formula is C16H26N2O2S. The molecule has 1 aromatic heterocycles. The van der Waals surface area contributed by atoms with Crippen molar-refractivity contribution in [1.29, 1.82) is 0 Å². The van der Waals surface area contributed by atoms with Crippen LogP contribution in [0, 0.1) is 0 Å². The van der Waals surface area contributed by atoms with E-state index < -0.39 is 5.60 Å². The van der Waals surface area contributed by atoms with Crippen LogP contribution in [-0.2, 0) is 11.2 Å². The van der Waals surface area contributed by atoms with Crippen molar-refractivity contribution >= 4 is 17.4 Å². The molecule has 1 aliphatic rings. The molecular weight excluding hydrogens is 284 g/mol. The molecule has 1 unspecified atom stereocenters. The highest BCUT2D eigenvalue weighted by Crippen LogP contribution is 2.15. The second kappa shape index (κ2) is 7.27. The van der Waals surface area contributed by atoms with Gasteiger partial charge in [-0.1, -0.05) is 6.07 Å². The van der Waals surface area contributed by atoms with Gasteiger partial charge in [0.05, 0.1) is 0 Å². The Balaban J connectivity index is 1.74. The van der Waals surface area contributed by atoms with Gasteiger partial charge in [0, 0.05) is 30.6 Å². The Kier molecular flexibility index (Phi) is 5.65. The van der Waals surface area contributed by atoms with Gasteiger partial charge in [-0.05, 0) is 51.5 Å². The first-order chi connectivity index (χ1) is 9.94. The summed E-state index contributed by atoms with van der Waals surface area (Å²) in [5.74, 6) is 0. The lowest BCUT2D eigenvalue weighted by atomic mass is 10.1. The SMILES string of the molecule is CC(C)(C)OC(=O)N1CCCC(NCCc2cccs2)C1. The van der Waals surface area contributed by atoms with Crippen LogP contribution in [0.5, 0.6) is 0 Å². The van der Waals surface area contributed by atoms with Gasteiger partial charge in [0.25, 0.3) is 0 Å². The molecule has 118 valence electrons. The van der Waals surface area contributed by atoms with E-state index in [0.29, 0.717) is 6.04 Å². The smallest absolute Gasteiger partial charge is 0.410 e. The molecule has 0 radical (unpaired) electrons. The van der Waals surface area contributed by atoms with Crippen molar-refractivity contribution in [3.8, 4) is 0 Å². The quantitative estimate of drug-likeness (QED) is 0.928. The molecule has 4 nitrogen and oxygen atoms in total. The summed E-state index contributed by atoms with van der Waals surface area (Å²) in [5.41, 5.74) is -0.420. The Morgan fingerprint density at radius 3 is 3.00 bits per heavy atom. The van der Waals surface area contributed by atoms with Gasteiger partial charge in [-0.2, -0.15) is 0 Å². The topological polar surface area (TPSA) is 41.6 Å².